The standard InChI is InChI=1S/C44H59ClN6O7/c1-6-11-33(38(53)41(55)46-19-18-29-25-47-34-22-31(57-5)16-17-32(29)34)48-40(54)36-24-44(23-35(50-58-44)28-14-10-15-30(45)21-28)26-51(36)42(56)39(43(2,3)4)49-37(52)20-27-12-8-7-9-13-27/h10,14-16,21-22,25,27,32-33,36,39,47H,6-9,11-13,17-20,23-24,26H2,1-5H3,(H,46,55)(H,48,54)(H,49,52)/t32?,33-,36-,39+,44+/m0/s1. The molecule has 1 aromatic carbocycles. The van der Waals surface area contributed by atoms with Crippen molar-refractivity contribution in [3.05, 3.63) is 70.2 Å². The van der Waals surface area contributed by atoms with Crippen LogP contribution in [-0.4, -0.2) is 83.9 Å². The highest BCUT2D eigenvalue weighted by molar-refractivity contribution is 6.38. The molecule has 0 bridgehead atoms. The Morgan fingerprint density at radius 3 is 2.60 bits per heavy atom. The second kappa shape index (κ2) is 18.5. The van der Waals surface area contributed by atoms with Gasteiger partial charge in [-0.2, -0.15) is 0 Å². The zero-order chi connectivity index (χ0) is 41.6. The van der Waals surface area contributed by atoms with Crippen molar-refractivity contribution < 1.29 is 33.5 Å². The maximum Gasteiger partial charge on any atom is 0.289 e. The lowest BCUT2D eigenvalue weighted by atomic mass is 9.84. The first-order valence-corrected chi connectivity index (χ1v) is 21.2. The monoisotopic (exact) mass is 818 g/mol. The Labute approximate surface area is 346 Å². The van der Waals surface area contributed by atoms with Gasteiger partial charge in [-0.15, -0.1) is 0 Å². The summed E-state index contributed by atoms with van der Waals surface area (Å²) in [7, 11) is 1.63. The van der Waals surface area contributed by atoms with Crippen LogP contribution in [0.4, 0.5) is 0 Å². The minimum absolute atomic E-state index is 0.0284. The minimum Gasteiger partial charge on any atom is -0.497 e. The van der Waals surface area contributed by atoms with Crippen LogP contribution in [0.15, 0.2) is 64.8 Å². The number of carbonyl (C=O) groups excluding carboxylic acids is 5. The number of benzene rings is 1. The molecule has 314 valence electrons. The van der Waals surface area contributed by atoms with E-state index in [2.05, 4.69) is 26.4 Å². The van der Waals surface area contributed by atoms with Crippen LogP contribution in [-0.2, 0) is 33.5 Å². The van der Waals surface area contributed by atoms with Gasteiger partial charge in [-0.05, 0) is 73.3 Å². The van der Waals surface area contributed by atoms with E-state index in [-0.39, 0.29) is 43.7 Å². The largest absolute Gasteiger partial charge is 0.497 e. The van der Waals surface area contributed by atoms with Crippen molar-refractivity contribution in [3.8, 4) is 0 Å². The number of likely N-dealkylation sites (tertiary alicyclic amines) is 1. The van der Waals surface area contributed by atoms with E-state index in [9.17, 15) is 24.0 Å². The number of carbonyl (C=O) groups is 5. The summed E-state index contributed by atoms with van der Waals surface area (Å²) in [5.41, 5.74) is 1.82. The van der Waals surface area contributed by atoms with Crippen molar-refractivity contribution in [1.82, 2.24) is 26.2 Å². The van der Waals surface area contributed by atoms with Crippen molar-refractivity contribution >= 4 is 46.7 Å². The van der Waals surface area contributed by atoms with E-state index < -0.39 is 52.6 Å². The highest BCUT2D eigenvalue weighted by Crippen LogP contribution is 2.40. The Bertz CT molecular complexity index is 1880. The van der Waals surface area contributed by atoms with Gasteiger partial charge in [0, 0.05) is 54.2 Å². The number of ether oxygens (including phenoxy) is 1. The van der Waals surface area contributed by atoms with E-state index >= 15 is 0 Å². The molecule has 1 saturated heterocycles. The molecule has 0 aromatic heterocycles. The SMILES string of the molecule is CCC[C@H](NC(=O)[C@@H]1C[C@]2(CC(c3cccc(Cl)c3)=NO2)CN1C(=O)[C@@H](NC(=O)CC1CCCCC1)C(C)(C)C)C(=O)C(=O)NCCC1=CNC2=CC(OC)=CCC12. The average Bonchev–Trinajstić information content (AvgIpc) is 3.92. The van der Waals surface area contributed by atoms with E-state index in [0.717, 1.165) is 54.7 Å². The Hall–Kier alpha value is -4.65. The number of nitrogens with one attached hydrogen (secondary N) is 4. The molecule has 3 aliphatic heterocycles. The summed E-state index contributed by atoms with van der Waals surface area (Å²) in [6.07, 6.45) is 14.1. The smallest absolute Gasteiger partial charge is 0.289 e. The molecular formula is C44H59ClN6O7. The molecule has 6 rings (SSSR count). The summed E-state index contributed by atoms with van der Waals surface area (Å²) in [6.45, 7) is 7.80. The van der Waals surface area contributed by atoms with Gasteiger partial charge in [0.05, 0.1) is 25.4 Å². The molecule has 4 N–H and O–H groups in total. The van der Waals surface area contributed by atoms with Crippen molar-refractivity contribution in [2.75, 3.05) is 20.2 Å². The van der Waals surface area contributed by atoms with Crippen LogP contribution in [0, 0.1) is 17.3 Å². The van der Waals surface area contributed by atoms with Gasteiger partial charge in [-0.3, -0.25) is 24.0 Å². The topological polar surface area (TPSA) is 168 Å². The Kier molecular flexibility index (Phi) is 13.7. The molecule has 1 unspecified atom stereocenters. The molecule has 2 fully saturated rings. The predicted octanol–water partition coefficient (Wildman–Crippen LogP) is 5.59. The molecule has 2 aliphatic carbocycles. The van der Waals surface area contributed by atoms with Crippen LogP contribution in [0.1, 0.15) is 110 Å². The first-order valence-electron chi connectivity index (χ1n) is 20.8. The third-order valence-electron chi connectivity index (χ3n) is 12.1. The van der Waals surface area contributed by atoms with E-state index in [1.165, 1.54) is 11.3 Å². The fourth-order valence-corrected chi connectivity index (χ4v) is 9.05. The second-order valence-electron chi connectivity index (χ2n) is 17.5. The minimum atomic E-state index is -1.11. The zero-order valence-electron chi connectivity index (χ0n) is 34.5. The van der Waals surface area contributed by atoms with Crippen LogP contribution < -0.4 is 21.3 Å². The number of halogens is 1. The number of hydrogen-bond donors (Lipinski definition) is 4. The Morgan fingerprint density at radius 1 is 1.12 bits per heavy atom. The molecule has 14 heteroatoms. The van der Waals surface area contributed by atoms with Gasteiger partial charge in [0.25, 0.3) is 5.91 Å². The number of methoxy groups -OCH3 is 1. The van der Waals surface area contributed by atoms with Crippen LogP contribution in [0.2, 0.25) is 5.02 Å². The highest BCUT2D eigenvalue weighted by atomic mass is 35.5. The van der Waals surface area contributed by atoms with Gasteiger partial charge in [-0.1, -0.05) is 82.3 Å². The van der Waals surface area contributed by atoms with E-state index in [0.29, 0.717) is 36.4 Å². The summed E-state index contributed by atoms with van der Waals surface area (Å²) in [5.74, 6) is -1.48. The van der Waals surface area contributed by atoms with Crippen molar-refractivity contribution in [1.29, 1.82) is 0 Å². The number of ketones is 1. The van der Waals surface area contributed by atoms with Gasteiger partial charge in [0.15, 0.2) is 5.60 Å². The van der Waals surface area contributed by atoms with Gasteiger partial charge in [0.2, 0.25) is 23.5 Å². The number of fused-ring (bicyclic) bond motifs is 1. The highest BCUT2D eigenvalue weighted by Gasteiger charge is 2.55. The molecule has 58 heavy (non-hydrogen) atoms. The molecule has 1 saturated carbocycles. The molecule has 3 heterocycles. The summed E-state index contributed by atoms with van der Waals surface area (Å²) in [5, 5.41) is 16.9. The van der Waals surface area contributed by atoms with Crippen LogP contribution >= 0.6 is 11.6 Å². The quantitative estimate of drug-likeness (QED) is 0.166. The van der Waals surface area contributed by atoms with Crippen LogP contribution in [0.5, 0.6) is 0 Å². The van der Waals surface area contributed by atoms with Gasteiger partial charge in [-0.25, -0.2) is 0 Å². The maximum absolute atomic E-state index is 14.7. The number of hydrogen-bond acceptors (Lipinski definition) is 9. The van der Waals surface area contributed by atoms with Crippen molar-refractivity contribution in [3.63, 3.8) is 0 Å². The number of allylic oxidation sites excluding steroid dienone is 3. The van der Waals surface area contributed by atoms with Crippen molar-refractivity contribution in [2.45, 2.75) is 128 Å². The fraction of sp³-hybridized carbons (Fsp3) is 0.591. The third-order valence-corrected chi connectivity index (χ3v) is 12.3. The zero-order valence-corrected chi connectivity index (χ0v) is 35.2. The van der Waals surface area contributed by atoms with Gasteiger partial charge in [0.1, 0.15) is 17.8 Å². The summed E-state index contributed by atoms with van der Waals surface area (Å²) < 4.78 is 5.35. The summed E-state index contributed by atoms with van der Waals surface area (Å²) in [6, 6.07) is 4.13. The lowest BCUT2D eigenvalue weighted by Crippen LogP contribution is -2.59. The lowest BCUT2D eigenvalue weighted by Gasteiger charge is -2.36. The third kappa shape index (κ3) is 10.1. The van der Waals surface area contributed by atoms with Gasteiger partial charge >= 0.3 is 0 Å². The molecule has 1 spiro atoms. The predicted molar refractivity (Wildman–Crippen MR) is 221 cm³/mol. The molecule has 5 aliphatic rings. The first-order chi connectivity index (χ1) is 27.7. The molecule has 5 atom stereocenters. The summed E-state index contributed by atoms with van der Waals surface area (Å²) >= 11 is 6.29. The Balaban J connectivity index is 1.15. The Morgan fingerprint density at radius 2 is 1.90 bits per heavy atom. The molecule has 13 nitrogen and oxygen atoms in total. The number of nitrogens with zero attached hydrogens (tertiary/aromatic N) is 2. The van der Waals surface area contributed by atoms with E-state index in [1.807, 2.05) is 58.2 Å². The molecule has 0 radical (unpaired) electrons. The fourth-order valence-electron chi connectivity index (χ4n) is 8.86. The normalized spacial score (nSPS) is 23.9. The van der Waals surface area contributed by atoms with Crippen LogP contribution in [0.25, 0.3) is 0 Å². The van der Waals surface area contributed by atoms with Crippen LogP contribution in [0.3, 0.4) is 0 Å². The maximum atomic E-state index is 14.7. The van der Waals surface area contributed by atoms with Crippen molar-refractivity contribution in [2.24, 2.45) is 22.4 Å². The lowest BCUT2D eigenvalue weighted by molar-refractivity contribution is -0.145. The second-order valence-corrected chi connectivity index (χ2v) is 18.0. The van der Waals surface area contributed by atoms with E-state index in [4.69, 9.17) is 21.2 Å². The number of Topliss-reactive ketones (excluding diaryl/α,β-unsaturated/α-hetero) is 1. The number of oxime groups is 1. The molecule has 1 aromatic rings. The molecule has 4 amide bonds. The average molecular weight is 819 g/mol. The first kappa shape index (κ1) is 42.9. The number of amides is 4. The summed E-state index contributed by atoms with van der Waals surface area (Å²) in [4.78, 5) is 77.1. The number of rotatable bonds is 15. The van der Waals surface area contributed by atoms with E-state index in [1.54, 1.807) is 19.2 Å². The van der Waals surface area contributed by atoms with Gasteiger partial charge < -0.3 is 35.7 Å². The molecular weight excluding hydrogens is 760 g/mol.